The number of hydrogen-bond acceptors (Lipinski definition) is 1. The molecular weight excluding hydrogens is 170 g/mol. The SMILES string of the molecule is C/C=C\c1cc(C)ccc1/C=C(\C)N. The van der Waals surface area contributed by atoms with Crippen molar-refractivity contribution in [1.82, 2.24) is 0 Å². The highest BCUT2D eigenvalue weighted by molar-refractivity contribution is 5.66. The van der Waals surface area contributed by atoms with Crippen molar-refractivity contribution in [3.8, 4) is 0 Å². The largest absolute Gasteiger partial charge is 0.402 e. The van der Waals surface area contributed by atoms with Crippen LogP contribution in [0.4, 0.5) is 0 Å². The van der Waals surface area contributed by atoms with Crippen molar-refractivity contribution >= 4 is 12.2 Å². The van der Waals surface area contributed by atoms with Crippen LogP contribution in [0.1, 0.15) is 30.5 Å². The molecule has 0 radical (unpaired) electrons. The van der Waals surface area contributed by atoms with Gasteiger partial charge in [-0.1, -0.05) is 35.9 Å². The second-order valence-electron chi connectivity index (χ2n) is 3.52. The van der Waals surface area contributed by atoms with Gasteiger partial charge in [0.05, 0.1) is 0 Å². The lowest BCUT2D eigenvalue weighted by Gasteiger charge is -2.03. The summed E-state index contributed by atoms with van der Waals surface area (Å²) in [5.74, 6) is 0. The minimum Gasteiger partial charge on any atom is -0.402 e. The van der Waals surface area contributed by atoms with Crippen LogP contribution >= 0.6 is 0 Å². The van der Waals surface area contributed by atoms with Crippen molar-refractivity contribution in [2.45, 2.75) is 20.8 Å². The molecule has 0 aliphatic carbocycles. The summed E-state index contributed by atoms with van der Waals surface area (Å²) in [5, 5.41) is 0. The first-order chi connectivity index (χ1) is 6.63. The lowest BCUT2D eigenvalue weighted by molar-refractivity contribution is 1.34. The van der Waals surface area contributed by atoms with Gasteiger partial charge >= 0.3 is 0 Å². The van der Waals surface area contributed by atoms with Crippen molar-refractivity contribution in [1.29, 1.82) is 0 Å². The number of benzene rings is 1. The summed E-state index contributed by atoms with van der Waals surface area (Å²) in [6.07, 6.45) is 6.13. The maximum atomic E-state index is 5.66. The lowest BCUT2D eigenvalue weighted by Crippen LogP contribution is -1.91. The van der Waals surface area contributed by atoms with Crippen LogP contribution in [0.15, 0.2) is 30.0 Å². The second-order valence-corrected chi connectivity index (χ2v) is 3.52. The smallest absolute Gasteiger partial charge is 0.00550 e. The highest BCUT2D eigenvalue weighted by Crippen LogP contribution is 2.15. The minimum atomic E-state index is 0.833. The summed E-state index contributed by atoms with van der Waals surface area (Å²) in [6.45, 7) is 6.01. The van der Waals surface area contributed by atoms with Crippen molar-refractivity contribution in [2.75, 3.05) is 0 Å². The number of rotatable bonds is 2. The first-order valence-corrected chi connectivity index (χ1v) is 4.80. The van der Waals surface area contributed by atoms with E-state index in [0.29, 0.717) is 0 Å². The third-order valence-corrected chi connectivity index (χ3v) is 1.97. The van der Waals surface area contributed by atoms with Gasteiger partial charge in [-0.15, -0.1) is 0 Å². The second kappa shape index (κ2) is 4.66. The zero-order valence-corrected chi connectivity index (χ0v) is 9.04. The van der Waals surface area contributed by atoms with Crippen molar-refractivity contribution < 1.29 is 0 Å². The van der Waals surface area contributed by atoms with E-state index in [-0.39, 0.29) is 0 Å². The maximum absolute atomic E-state index is 5.66. The maximum Gasteiger partial charge on any atom is 0.00550 e. The summed E-state index contributed by atoms with van der Waals surface area (Å²) in [5.41, 5.74) is 10.2. The molecular formula is C13H17N. The number of nitrogens with two attached hydrogens (primary N) is 1. The molecule has 0 atom stereocenters. The average molecular weight is 187 g/mol. The van der Waals surface area contributed by atoms with Crippen LogP contribution < -0.4 is 5.73 Å². The molecule has 0 bridgehead atoms. The van der Waals surface area contributed by atoms with E-state index in [2.05, 4.69) is 31.2 Å². The van der Waals surface area contributed by atoms with E-state index in [1.165, 1.54) is 16.7 Å². The fraction of sp³-hybridized carbons (Fsp3) is 0.231. The summed E-state index contributed by atoms with van der Waals surface area (Å²) in [4.78, 5) is 0. The number of hydrogen-bond donors (Lipinski definition) is 1. The summed E-state index contributed by atoms with van der Waals surface area (Å²) < 4.78 is 0. The Labute approximate surface area is 85.9 Å². The van der Waals surface area contributed by atoms with Gasteiger partial charge in [0.2, 0.25) is 0 Å². The van der Waals surface area contributed by atoms with Gasteiger partial charge in [0, 0.05) is 5.70 Å². The Hall–Kier alpha value is -1.50. The van der Waals surface area contributed by atoms with Crippen LogP contribution in [0.2, 0.25) is 0 Å². The zero-order valence-electron chi connectivity index (χ0n) is 9.04. The molecule has 0 fully saturated rings. The predicted octanol–water partition coefficient (Wildman–Crippen LogP) is 3.35. The van der Waals surface area contributed by atoms with Crippen LogP contribution in [0.5, 0.6) is 0 Å². The van der Waals surface area contributed by atoms with Gasteiger partial charge < -0.3 is 5.73 Å². The molecule has 1 heteroatoms. The van der Waals surface area contributed by atoms with Gasteiger partial charge in [-0.25, -0.2) is 0 Å². The van der Waals surface area contributed by atoms with Crippen LogP contribution in [0, 0.1) is 6.92 Å². The van der Waals surface area contributed by atoms with Gasteiger partial charge in [-0.3, -0.25) is 0 Å². The predicted molar refractivity (Wildman–Crippen MR) is 63.7 cm³/mol. The Kier molecular flexibility index (Phi) is 3.52. The van der Waals surface area contributed by atoms with Gasteiger partial charge in [0.25, 0.3) is 0 Å². The molecule has 74 valence electrons. The molecule has 1 rings (SSSR count). The Morgan fingerprint density at radius 1 is 1.29 bits per heavy atom. The van der Waals surface area contributed by atoms with E-state index in [0.717, 1.165) is 5.70 Å². The third kappa shape index (κ3) is 2.77. The highest BCUT2D eigenvalue weighted by Gasteiger charge is 1.96. The van der Waals surface area contributed by atoms with Crippen LogP contribution in [0.3, 0.4) is 0 Å². The van der Waals surface area contributed by atoms with Gasteiger partial charge in [-0.05, 0) is 38.0 Å². The minimum absolute atomic E-state index is 0.833. The average Bonchev–Trinajstić information content (AvgIpc) is 2.09. The Bertz CT molecular complexity index is 369. The molecule has 2 N–H and O–H groups in total. The number of allylic oxidation sites excluding steroid dienone is 2. The van der Waals surface area contributed by atoms with Crippen molar-refractivity contribution in [2.24, 2.45) is 5.73 Å². The molecule has 0 spiro atoms. The first kappa shape index (κ1) is 10.6. The quantitative estimate of drug-likeness (QED) is 0.755. The molecule has 14 heavy (non-hydrogen) atoms. The fourth-order valence-corrected chi connectivity index (χ4v) is 1.39. The first-order valence-electron chi connectivity index (χ1n) is 4.80. The fourth-order valence-electron chi connectivity index (χ4n) is 1.39. The Morgan fingerprint density at radius 2 is 2.00 bits per heavy atom. The Morgan fingerprint density at radius 3 is 2.57 bits per heavy atom. The van der Waals surface area contributed by atoms with E-state index in [1.807, 2.05) is 26.0 Å². The summed E-state index contributed by atoms with van der Waals surface area (Å²) in [7, 11) is 0. The third-order valence-electron chi connectivity index (χ3n) is 1.97. The molecule has 0 unspecified atom stereocenters. The standard InChI is InChI=1S/C13H17N/c1-4-5-12-8-10(2)6-7-13(12)9-11(3)14/h4-9H,14H2,1-3H3/b5-4-,11-9+. The van der Waals surface area contributed by atoms with Crippen molar-refractivity contribution in [3.05, 3.63) is 46.7 Å². The van der Waals surface area contributed by atoms with E-state index in [1.54, 1.807) is 0 Å². The van der Waals surface area contributed by atoms with Crippen LogP contribution in [-0.2, 0) is 0 Å². The summed E-state index contributed by atoms with van der Waals surface area (Å²) >= 11 is 0. The molecule has 1 aromatic rings. The van der Waals surface area contributed by atoms with E-state index < -0.39 is 0 Å². The van der Waals surface area contributed by atoms with E-state index in [4.69, 9.17) is 5.73 Å². The molecule has 0 aliphatic rings. The van der Waals surface area contributed by atoms with E-state index >= 15 is 0 Å². The molecule has 1 nitrogen and oxygen atoms in total. The normalized spacial score (nSPS) is 12.4. The highest BCUT2D eigenvalue weighted by atomic mass is 14.5. The molecule has 0 saturated heterocycles. The molecule has 0 heterocycles. The van der Waals surface area contributed by atoms with E-state index in [9.17, 15) is 0 Å². The lowest BCUT2D eigenvalue weighted by atomic mass is 10.0. The van der Waals surface area contributed by atoms with Gasteiger partial charge in [-0.2, -0.15) is 0 Å². The molecule has 1 aromatic carbocycles. The molecule has 0 saturated carbocycles. The monoisotopic (exact) mass is 187 g/mol. The topological polar surface area (TPSA) is 26.0 Å². The molecule has 0 amide bonds. The zero-order chi connectivity index (χ0) is 10.6. The van der Waals surface area contributed by atoms with Crippen LogP contribution in [0.25, 0.3) is 12.2 Å². The molecule has 0 aliphatic heterocycles. The molecule has 0 aromatic heterocycles. The van der Waals surface area contributed by atoms with Crippen molar-refractivity contribution in [3.63, 3.8) is 0 Å². The van der Waals surface area contributed by atoms with Gasteiger partial charge in [0.1, 0.15) is 0 Å². The Balaban J connectivity index is 3.21. The van der Waals surface area contributed by atoms with Crippen LogP contribution in [-0.4, -0.2) is 0 Å². The summed E-state index contributed by atoms with van der Waals surface area (Å²) in [6, 6.07) is 6.36. The number of aryl methyl sites for hydroxylation is 1. The van der Waals surface area contributed by atoms with Gasteiger partial charge in [0.15, 0.2) is 0 Å².